The van der Waals surface area contributed by atoms with E-state index in [-0.39, 0.29) is 17.9 Å². The average Bonchev–Trinajstić information content (AvgIpc) is 3.20. The maximum Gasteiger partial charge on any atom is 0.227 e. The number of nitrogens with one attached hydrogen (secondary N) is 2. The van der Waals surface area contributed by atoms with Crippen molar-refractivity contribution in [2.45, 2.75) is 64.7 Å². The number of carbonyl (C=O) groups is 1. The molecular weight excluding hydrogens is 376 g/mol. The van der Waals surface area contributed by atoms with Crippen LogP contribution in [0.3, 0.4) is 0 Å². The largest absolute Gasteiger partial charge is 0.396 e. The van der Waals surface area contributed by atoms with Crippen molar-refractivity contribution in [1.29, 1.82) is 0 Å². The fourth-order valence-electron chi connectivity index (χ4n) is 4.79. The summed E-state index contributed by atoms with van der Waals surface area (Å²) in [6.07, 6.45) is 9.19. The van der Waals surface area contributed by atoms with Crippen LogP contribution in [0.15, 0.2) is 29.3 Å². The van der Waals surface area contributed by atoms with Crippen LogP contribution in [0.1, 0.15) is 63.9 Å². The van der Waals surface area contributed by atoms with Crippen molar-refractivity contribution in [2.75, 3.05) is 37.7 Å². The highest BCUT2D eigenvalue weighted by Gasteiger charge is 2.31. The van der Waals surface area contributed by atoms with Gasteiger partial charge in [-0.2, -0.15) is 0 Å². The minimum Gasteiger partial charge on any atom is -0.396 e. The molecule has 30 heavy (non-hydrogen) atoms. The summed E-state index contributed by atoms with van der Waals surface area (Å²) in [6, 6.07) is 8.19. The topological polar surface area (TPSA) is 77.0 Å². The molecule has 0 aromatic heterocycles. The second-order valence-corrected chi connectivity index (χ2v) is 8.68. The van der Waals surface area contributed by atoms with Crippen molar-refractivity contribution in [2.24, 2.45) is 10.4 Å². The molecule has 6 heteroatoms. The van der Waals surface area contributed by atoms with Gasteiger partial charge in [0, 0.05) is 44.9 Å². The number of hydrogen-bond donors (Lipinski definition) is 3. The molecule has 1 aliphatic heterocycles. The van der Waals surface area contributed by atoms with Crippen molar-refractivity contribution in [1.82, 2.24) is 10.6 Å². The number of amides is 1. The van der Waals surface area contributed by atoms with E-state index in [1.807, 2.05) is 23.1 Å². The smallest absolute Gasteiger partial charge is 0.227 e. The Labute approximate surface area is 181 Å². The average molecular weight is 415 g/mol. The van der Waals surface area contributed by atoms with Crippen molar-refractivity contribution in [3.8, 4) is 0 Å². The number of aliphatic hydroxyl groups excluding tert-OH is 1. The van der Waals surface area contributed by atoms with Crippen LogP contribution in [0.2, 0.25) is 0 Å². The van der Waals surface area contributed by atoms with Gasteiger partial charge in [-0.3, -0.25) is 9.79 Å². The van der Waals surface area contributed by atoms with Crippen LogP contribution in [-0.4, -0.2) is 49.8 Å². The van der Waals surface area contributed by atoms with Gasteiger partial charge in [0.2, 0.25) is 5.91 Å². The number of aliphatic hydroxyl groups is 1. The quantitative estimate of drug-likeness (QED) is 0.329. The Balaban J connectivity index is 1.46. The van der Waals surface area contributed by atoms with Gasteiger partial charge in [0.15, 0.2) is 5.96 Å². The number of nitrogens with zero attached hydrogens (tertiary/aromatic N) is 2. The van der Waals surface area contributed by atoms with Gasteiger partial charge in [-0.15, -0.1) is 0 Å². The third-order valence-electron chi connectivity index (χ3n) is 6.52. The monoisotopic (exact) mass is 414 g/mol. The third kappa shape index (κ3) is 5.97. The zero-order valence-electron chi connectivity index (χ0n) is 18.5. The number of para-hydroxylation sites is 1. The molecule has 1 fully saturated rings. The SMILES string of the molecule is CCNC(=NCC1(CCO)CCCCC1)NCCCC(=O)N1CCc2ccccc21. The molecule has 0 saturated heterocycles. The predicted octanol–water partition coefficient (Wildman–Crippen LogP) is 3.24. The first-order valence-corrected chi connectivity index (χ1v) is 11.7. The first-order valence-electron chi connectivity index (χ1n) is 11.7. The third-order valence-corrected chi connectivity index (χ3v) is 6.52. The number of benzene rings is 1. The Bertz CT molecular complexity index is 707. The molecule has 3 rings (SSSR count). The lowest BCUT2D eigenvalue weighted by Gasteiger charge is -2.35. The molecule has 3 N–H and O–H groups in total. The highest BCUT2D eigenvalue weighted by atomic mass is 16.3. The molecular formula is C24H38N4O2. The summed E-state index contributed by atoms with van der Waals surface area (Å²) in [7, 11) is 0. The molecule has 0 spiro atoms. The number of carbonyl (C=O) groups excluding carboxylic acids is 1. The van der Waals surface area contributed by atoms with E-state index in [1.54, 1.807) is 0 Å². The Morgan fingerprint density at radius 1 is 1.20 bits per heavy atom. The maximum atomic E-state index is 12.7. The van der Waals surface area contributed by atoms with E-state index in [0.717, 1.165) is 69.9 Å². The molecule has 1 heterocycles. The molecule has 1 aromatic carbocycles. The van der Waals surface area contributed by atoms with E-state index < -0.39 is 0 Å². The van der Waals surface area contributed by atoms with Crippen LogP contribution < -0.4 is 15.5 Å². The molecule has 0 bridgehead atoms. The molecule has 0 radical (unpaired) electrons. The summed E-state index contributed by atoms with van der Waals surface area (Å²) in [5.41, 5.74) is 2.49. The zero-order chi connectivity index (χ0) is 21.2. The standard InChI is InChI=1S/C24H38N4O2/c1-2-25-23(27-19-24(15-18-29)13-6-3-7-14-24)26-16-8-11-22(30)28-17-12-20-9-4-5-10-21(20)28/h4-5,9-10,29H,2-3,6-8,11-19H2,1H3,(H2,25,26,27). The molecule has 2 aliphatic rings. The van der Waals surface area contributed by atoms with Crippen LogP contribution >= 0.6 is 0 Å². The summed E-state index contributed by atoms with van der Waals surface area (Å²) >= 11 is 0. The molecule has 0 atom stereocenters. The minimum absolute atomic E-state index is 0.147. The number of fused-ring (bicyclic) bond motifs is 1. The fraction of sp³-hybridized carbons (Fsp3) is 0.667. The molecule has 1 saturated carbocycles. The summed E-state index contributed by atoms with van der Waals surface area (Å²) < 4.78 is 0. The zero-order valence-corrected chi connectivity index (χ0v) is 18.5. The van der Waals surface area contributed by atoms with E-state index in [1.165, 1.54) is 24.8 Å². The Hall–Kier alpha value is -2.08. The number of aliphatic imine (C=N–C) groups is 1. The van der Waals surface area contributed by atoms with E-state index in [2.05, 4.69) is 23.6 Å². The van der Waals surface area contributed by atoms with Crippen LogP contribution in [-0.2, 0) is 11.2 Å². The lowest BCUT2D eigenvalue weighted by Crippen LogP contribution is -2.40. The lowest BCUT2D eigenvalue weighted by atomic mass is 9.72. The second-order valence-electron chi connectivity index (χ2n) is 8.68. The van der Waals surface area contributed by atoms with Crippen LogP contribution in [0.5, 0.6) is 0 Å². The van der Waals surface area contributed by atoms with Crippen LogP contribution in [0, 0.1) is 5.41 Å². The van der Waals surface area contributed by atoms with Gasteiger partial charge in [-0.25, -0.2) is 0 Å². The summed E-state index contributed by atoms with van der Waals surface area (Å²) in [5, 5.41) is 16.2. The highest BCUT2D eigenvalue weighted by Crippen LogP contribution is 2.39. The summed E-state index contributed by atoms with van der Waals surface area (Å²) in [5.74, 6) is 1.02. The number of anilines is 1. The van der Waals surface area contributed by atoms with Gasteiger partial charge in [0.25, 0.3) is 0 Å². The first kappa shape index (κ1) is 22.6. The number of guanidine groups is 1. The predicted molar refractivity (Wildman–Crippen MR) is 123 cm³/mol. The summed E-state index contributed by atoms with van der Waals surface area (Å²) in [6.45, 7) is 5.38. The van der Waals surface area contributed by atoms with Crippen LogP contribution in [0.25, 0.3) is 0 Å². The highest BCUT2D eigenvalue weighted by molar-refractivity contribution is 5.95. The Kier molecular flexibility index (Phi) is 8.55. The number of rotatable bonds is 9. The molecule has 1 aromatic rings. The molecule has 1 aliphatic carbocycles. The fourth-order valence-corrected chi connectivity index (χ4v) is 4.79. The van der Waals surface area contributed by atoms with E-state index in [4.69, 9.17) is 4.99 Å². The van der Waals surface area contributed by atoms with Crippen LogP contribution in [0.4, 0.5) is 5.69 Å². The molecule has 166 valence electrons. The second kappa shape index (κ2) is 11.3. The Morgan fingerprint density at radius 2 is 2.00 bits per heavy atom. The van der Waals surface area contributed by atoms with E-state index in [0.29, 0.717) is 6.42 Å². The lowest BCUT2D eigenvalue weighted by molar-refractivity contribution is -0.118. The van der Waals surface area contributed by atoms with Crippen molar-refractivity contribution >= 4 is 17.6 Å². The van der Waals surface area contributed by atoms with Gasteiger partial charge < -0.3 is 20.6 Å². The van der Waals surface area contributed by atoms with Crippen molar-refractivity contribution < 1.29 is 9.90 Å². The Morgan fingerprint density at radius 3 is 2.77 bits per heavy atom. The van der Waals surface area contributed by atoms with E-state index in [9.17, 15) is 9.90 Å². The van der Waals surface area contributed by atoms with Crippen molar-refractivity contribution in [3.63, 3.8) is 0 Å². The van der Waals surface area contributed by atoms with Gasteiger partial charge in [-0.05, 0) is 56.1 Å². The maximum absolute atomic E-state index is 12.7. The minimum atomic E-state index is 0.147. The summed E-state index contributed by atoms with van der Waals surface area (Å²) in [4.78, 5) is 19.4. The normalized spacial score (nSPS) is 18.2. The first-order chi connectivity index (χ1) is 14.7. The van der Waals surface area contributed by atoms with E-state index >= 15 is 0 Å². The van der Waals surface area contributed by atoms with Gasteiger partial charge in [0.1, 0.15) is 0 Å². The van der Waals surface area contributed by atoms with Gasteiger partial charge in [-0.1, -0.05) is 37.5 Å². The molecule has 1 amide bonds. The van der Waals surface area contributed by atoms with Crippen molar-refractivity contribution in [3.05, 3.63) is 29.8 Å². The number of hydrogen-bond acceptors (Lipinski definition) is 3. The van der Waals surface area contributed by atoms with Gasteiger partial charge in [0.05, 0.1) is 0 Å². The molecule has 0 unspecified atom stereocenters. The van der Waals surface area contributed by atoms with Gasteiger partial charge >= 0.3 is 0 Å². The molecule has 6 nitrogen and oxygen atoms in total.